The van der Waals surface area contributed by atoms with Crippen LogP contribution in [0.4, 0.5) is 5.69 Å². The second kappa shape index (κ2) is 7.19. The molecule has 0 radical (unpaired) electrons. The van der Waals surface area contributed by atoms with E-state index in [0.717, 1.165) is 33.8 Å². The standard InChI is InChI=1S/C20H20N2/c1-4-15-10-12-16(13-11-15)20(6-3)22-18-9-7-8-17(14-18)19(21)5-2/h1,5-14,22H,21H2,2-3H3/b19-5-,20-6+. The maximum Gasteiger partial charge on any atom is 0.0414 e. The van der Waals surface area contributed by atoms with Crippen molar-refractivity contribution in [3.8, 4) is 12.3 Å². The fraction of sp³-hybridized carbons (Fsp3) is 0.100. The van der Waals surface area contributed by atoms with Gasteiger partial charge in [0.15, 0.2) is 0 Å². The SMILES string of the molecule is C#Cc1ccc(/C(=C\C)Nc2cccc(/C(N)=C/C)c2)cc1. The highest BCUT2D eigenvalue weighted by Gasteiger charge is 2.03. The molecule has 2 aromatic rings. The van der Waals surface area contributed by atoms with Crippen LogP contribution >= 0.6 is 0 Å². The van der Waals surface area contributed by atoms with Crippen LogP contribution in [0.5, 0.6) is 0 Å². The number of allylic oxidation sites excluding steroid dienone is 2. The highest BCUT2D eigenvalue weighted by Crippen LogP contribution is 2.21. The van der Waals surface area contributed by atoms with Crippen molar-refractivity contribution < 1.29 is 0 Å². The van der Waals surface area contributed by atoms with Gasteiger partial charge in [-0.2, -0.15) is 0 Å². The third-order valence-electron chi connectivity index (χ3n) is 3.44. The van der Waals surface area contributed by atoms with Gasteiger partial charge in [0.05, 0.1) is 0 Å². The fourth-order valence-electron chi connectivity index (χ4n) is 2.16. The van der Waals surface area contributed by atoms with E-state index in [-0.39, 0.29) is 0 Å². The van der Waals surface area contributed by atoms with E-state index < -0.39 is 0 Å². The molecule has 0 atom stereocenters. The number of hydrogen-bond donors (Lipinski definition) is 2. The minimum absolute atomic E-state index is 0.768. The van der Waals surface area contributed by atoms with Gasteiger partial charge in [0.2, 0.25) is 0 Å². The number of anilines is 1. The van der Waals surface area contributed by atoms with Crippen molar-refractivity contribution in [1.82, 2.24) is 0 Å². The Bertz CT molecular complexity index is 744. The van der Waals surface area contributed by atoms with Crippen molar-refractivity contribution in [2.75, 3.05) is 5.32 Å². The summed E-state index contributed by atoms with van der Waals surface area (Å²) in [6.07, 6.45) is 9.33. The second-order valence-corrected chi connectivity index (χ2v) is 4.87. The molecule has 0 amide bonds. The topological polar surface area (TPSA) is 38.0 Å². The summed E-state index contributed by atoms with van der Waals surface area (Å²) >= 11 is 0. The monoisotopic (exact) mass is 288 g/mol. The van der Waals surface area contributed by atoms with Gasteiger partial charge >= 0.3 is 0 Å². The molecule has 0 unspecified atom stereocenters. The molecular formula is C20H20N2. The summed E-state index contributed by atoms with van der Waals surface area (Å²) in [5.74, 6) is 2.63. The molecule has 110 valence electrons. The van der Waals surface area contributed by atoms with Crippen molar-refractivity contribution >= 4 is 17.1 Å². The molecule has 2 nitrogen and oxygen atoms in total. The highest BCUT2D eigenvalue weighted by atomic mass is 14.9. The van der Waals surface area contributed by atoms with Crippen LogP contribution in [0.15, 0.2) is 60.7 Å². The maximum atomic E-state index is 5.97. The van der Waals surface area contributed by atoms with E-state index in [4.69, 9.17) is 12.2 Å². The van der Waals surface area contributed by atoms with Crippen LogP contribution in [0.25, 0.3) is 11.4 Å². The van der Waals surface area contributed by atoms with E-state index in [2.05, 4.69) is 11.2 Å². The largest absolute Gasteiger partial charge is 0.399 e. The number of nitrogens with one attached hydrogen (secondary N) is 1. The molecule has 2 aromatic carbocycles. The van der Waals surface area contributed by atoms with Crippen LogP contribution in [-0.2, 0) is 0 Å². The van der Waals surface area contributed by atoms with E-state index in [9.17, 15) is 0 Å². The Morgan fingerprint density at radius 1 is 1.05 bits per heavy atom. The van der Waals surface area contributed by atoms with Crippen LogP contribution in [-0.4, -0.2) is 0 Å². The lowest BCUT2D eigenvalue weighted by Crippen LogP contribution is -2.01. The zero-order valence-electron chi connectivity index (χ0n) is 12.9. The summed E-state index contributed by atoms with van der Waals surface area (Å²) in [6.45, 7) is 3.93. The normalized spacial score (nSPS) is 11.9. The minimum atomic E-state index is 0.768. The van der Waals surface area contributed by atoms with Gasteiger partial charge in [-0.05, 0) is 49.2 Å². The Morgan fingerprint density at radius 2 is 1.77 bits per heavy atom. The number of terminal acetylenes is 1. The number of benzene rings is 2. The lowest BCUT2D eigenvalue weighted by Gasteiger charge is -2.12. The Kier molecular flexibility index (Phi) is 5.06. The Morgan fingerprint density at radius 3 is 2.36 bits per heavy atom. The first-order valence-electron chi connectivity index (χ1n) is 7.20. The Hall–Kier alpha value is -2.92. The van der Waals surface area contributed by atoms with E-state index in [0.29, 0.717) is 0 Å². The quantitative estimate of drug-likeness (QED) is 0.815. The number of rotatable bonds is 4. The summed E-state index contributed by atoms with van der Waals surface area (Å²) in [6, 6.07) is 16.0. The molecule has 22 heavy (non-hydrogen) atoms. The molecule has 0 saturated carbocycles. The Labute approximate surface area is 132 Å². The molecular weight excluding hydrogens is 268 g/mol. The molecule has 0 aliphatic carbocycles. The predicted octanol–water partition coefficient (Wildman–Crippen LogP) is 4.46. The molecule has 0 bridgehead atoms. The Balaban J connectivity index is 2.25. The molecule has 3 N–H and O–H groups in total. The first kappa shape index (κ1) is 15.5. The van der Waals surface area contributed by atoms with Gasteiger partial charge in [-0.1, -0.05) is 42.3 Å². The zero-order valence-corrected chi connectivity index (χ0v) is 12.9. The average Bonchev–Trinajstić information content (AvgIpc) is 2.59. The summed E-state index contributed by atoms with van der Waals surface area (Å²) in [7, 11) is 0. The van der Waals surface area contributed by atoms with Gasteiger partial charge < -0.3 is 11.1 Å². The molecule has 0 aliphatic heterocycles. The lowest BCUT2D eigenvalue weighted by atomic mass is 10.1. The highest BCUT2D eigenvalue weighted by molar-refractivity contribution is 5.78. The lowest BCUT2D eigenvalue weighted by molar-refractivity contribution is 1.46. The van der Waals surface area contributed by atoms with Crippen LogP contribution in [0.3, 0.4) is 0 Å². The molecule has 0 spiro atoms. The second-order valence-electron chi connectivity index (χ2n) is 4.87. The average molecular weight is 288 g/mol. The van der Waals surface area contributed by atoms with Crippen LogP contribution < -0.4 is 11.1 Å². The van der Waals surface area contributed by atoms with Gasteiger partial charge in [0, 0.05) is 22.6 Å². The molecule has 2 heteroatoms. The molecule has 0 saturated heterocycles. The van der Waals surface area contributed by atoms with Crippen molar-refractivity contribution in [3.05, 3.63) is 77.4 Å². The summed E-state index contributed by atoms with van der Waals surface area (Å²) in [5.41, 5.74) is 11.7. The van der Waals surface area contributed by atoms with E-state index in [1.165, 1.54) is 0 Å². The minimum Gasteiger partial charge on any atom is -0.399 e. The van der Waals surface area contributed by atoms with Gasteiger partial charge in [-0.15, -0.1) is 6.42 Å². The number of hydrogen-bond acceptors (Lipinski definition) is 2. The summed E-state index contributed by atoms with van der Waals surface area (Å²) < 4.78 is 0. The van der Waals surface area contributed by atoms with Gasteiger partial charge in [-0.3, -0.25) is 0 Å². The fourth-order valence-corrected chi connectivity index (χ4v) is 2.16. The van der Waals surface area contributed by atoms with Crippen LogP contribution in [0.2, 0.25) is 0 Å². The van der Waals surface area contributed by atoms with Crippen molar-refractivity contribution in [3.63, 3.8) is 0 Å². The van der Waals surface area contributed by atoms with Gasteiger partial charge in [-0.25, -0.2) is 0 Å². The van der Waals surface area contributed by atoms with E-state index in [1.54, 1.807) is 0 Å². The van der Waals surface area contributed by atoms with E-state index >= 15 is 0 Å². The smallest absolute Gasteiger partial charge is 0.0414 e. The first-order chi connectivity index (χ1) is 10.7. The van der Waals surface area contributed by atoms with Crippen molar-refractivity contribution in [1.29, 1.82) is 0 Å². The molecule has 2 rings (SSSR count). The van der Waals surface area contributed by atoms with Gasteiger partial charge in [0.25, 0.3) is 0 Å². The third kappa shape index (κ3) is 3.59. The summed E-state index contributed by atoms with van der Waals surface area (Å²) in [4.78, 5) is 0. The number of nitrogens with two attached hydrogens (primary N) is 1. The van der Waals surface area contributed by atoms with Crippen molar-refractivity contribution in [2.45, 2.75) is 13.8 Å². The zero-order chi connectivity index (χ0) is 15.9. The predicted molar refractivity (Wildman–Crippen MR) is 95.9 cm³/mol. The van der Waals surface area contributed by atoms with Crippen LogP contribution in [0.1, 0.15) is 30.5 Å². The molecule has 0 aromatic heterocycles. The first-order valence-corrected chi connectivity index (χ1v) is 7.20. The third-order valence-corrected chi connectivity index (χ3v) is 3.44. The summed E-state index contributed by atoms with van der Waals surface area (Å²) in [5, 5.41) is 3.43. The maximum absolute atomic E-state index is 5.97. The molecule has 0 fully saturated rings. The van der Waals surface area contributed by atoms with Crippen LogP contribution in [0, 0.1) is 12.3 Å². The van der Waals surface area contributed by atoms with E-state index in [1.807, 2.05) is 74.5 Å². The molecule has 0 aliphatic rings. The van der Waals surface area contributed by atoms with Gasteiger partial charge in [0.1, 0.15) is 0 Å². The van der Waals surface area contributed by atoms with Crippen molar-refractivity contribution in [2.24, 2.45) is 5.73 Å². The molecule has 0 heterocycles.